The number of fused-ring (bicyclic) bond motifs is 1. The standard InChI is InChI=1S/C35H32BrFN6O4S2/c1-22(43(2)13-14-49(44,45)33-9-4-5-12-38-33)35-42-30(20-48-35)26-17-27-29(18-32(26)46-3)39-21-40-34(27)41-25-10-11-31(28(36)16-25)47-19-23-7-6-8-24(37)15-23/h4-12,15-18,20-22H,13-14,19H2,1-3H3,(H,39,40,41). The average molecular weight is 764 g/mol. The number of sulfone groups is 1. The van der Waals surface area contributed by atoms with Gasteiger partial charge in [0.15, 0.2) is 14.9 Å². The molecule has 0 saturated carbocycles. The predicted molar refractivity (Wildman–Crippen MR) is 193 cm³/mol. The van der Waals surface area contributed by atoms with Crippen molar-refractivity contribution in [2.75, 3.05) is 31.8 Å². The molecule has 0 fully saturated rings. The Labute approximate surface area is 296 Å². The fraction of sp³-hybridized carbons (Fsp3) is 0.200. The highest BCUT2D eigenvalue weighted by Gasteiger charge is 2.22. The van der Waals surface area contributed by atoms with Crippen molar-refractivity contribution in [2.45, 2.75) is 24.6 Å². The number of halogens is 2. The van der Waals surface area contributed by atoms with Gasteiger partial charge in [0.2, 0.25) is 0 Å². The zero-order valence-corrected chi connectivity index (χ0v) is 30.0. The van der Waals surface area contributed by atoms with E-state index in [1.165, 1.54) is 42.1 Å². The number of nitrogens with one attached hydrogen (secondary N) is 1. The molecular weight excluding hydrogens is 731 g/mol. The molecule has 49 heavy (non-hydrogen) atoms. The second-order valence-corrected chi connectivity index (χ2v) is 15.0. The average Bonchev–Trinajstić information content (AvgIpc) is 3.60. The molecule has 0 bridgehead atoms. The summed E-state index contributed by atoms with van der Waals surface area (Å²) in [7, 11) is -0.0237. The number of thiazole rings is 1. The molecule has 1 N–H and O–H groups in total. The molecule has 3 aromatic carbocycles. The van der Waals surface area contributed by atoms with Gasteiger partial charge in [0.05, 0.1) is 34.6 Å². The maximum absolute atomic E-state index is 13.6. The van der Waals surface area contributed by atoms with Crippen molar-refractivity contribution in [1.29, 1.82) is 0 Å². The minimum Gasteiger partial charge on any atom is -0.496 e. The number of ether oxygens (including phenoxy) is 2. The molecule has 14 heteroatoms. The van der Waals surface area contributed by atoms with Crippen molar-refractivity contribution < 1.29 is 22.3 Å². The molecule has 1 unspecified atom stereocenters. The number of hydrogen-bond donors (Lipinski definition) is 1. The van der Waals surface area contributed by atoms with Crippen molar-refractivity contribution in [3.63, 3.8) is 0 Å². The second-order valence-electron chi connectivity index (χ2n) is 11.2. The summed E-state index contributed by atoms with van der Waals surface area (Å²) in [5, 5.41) is 7.02. The van der Waals surface area contributed by atoms with Crippen molar-refractivity contribution in [1.82, 2.24) is 24.8 Å². The van der Waals surface area contributed by atoms with Crippen LogP contribution in [0.25, 0.3) is 22.2 Å². The second kappa shape index (κ2) is 14.9. The highest BCUT2D eigenvalue weighted by atomic mass is 79.9. The Bertz CT molecular complexity index is 2200. The molecule has 10 nitrogen and oxygen atoms in total. The summed E-state index contributed by atoms with van der Waals surface area (Å²) in [6.07, 6.45) is 2.97. The van der Waals surface area contributed by atoms with Gasteiger partial charge in [-0.3, -0.25) is 4.90 Å². The molecule has 6 aromatic rings. The number of nitrogens with zero attached hydrogens (tertiary/aromatic N) is 5. The van der Waals surface area contributed by atoms with E-state index in [0.29, 0.717) is 29.4 Å². The van der Waals surface area contributed by atoms with Crippen LogP contribution in [0.5, 0.6) is 11.5 Å². The van der Waals surface area contributed by atoms with E-state index < -0.39 is 9.84 Å². The first-order valence-electron chi connectivity index (χ1n) is 15.2. The van der Waals surface area contributed by atoms with E-state index in [2.05, 4.69) is 36.2 Å². The van der Waals surface area contributed by atoms with E-state index >= 15 is 0 Å². The largest absolute Gasteiger partial charge is 0.496 e. The molecule has 3 heterocycles. The zero-order chi connectivity index (χ0) is 34.5. The monoisotopic (exact) mass is 762 g/mol. The van der Waals surface area contributed by atoms with Crippen molar-refractivity contribution in [3.05, 3.63) is 112 Å². The van der Waals surface area contributed by atoms with Crippen LogP contribution in [0.3, 0.4) is 0 Å². The van der Waals surface area contributed by atoms with Gasteiger partial charge in [-0.05, 0) is 84.0 Å². The lowest BCUT2D eigenvalue weighted by Gasteiger charge is -2.22. The van der Waals surface area contributed by atoms with Gasteiger partial charge in [-0.15, -0.1) is 11.3 Å². The van der Waals surface area contributed by atoms with E-state index in [-0.39, 0.29) is 29.2 Å². The van der Waals surface area contributed by atoms with E-state index in [0.717, 1.165) is 37.4 Å². The van der Waals surface area contributed by atoms with Crippen LogP contribution in [-0.4, -0.2) is 59.7 Å². The molecule has 6 rings (SSSR count). The Morgan fingerprint density at radius 2 is 1.88 bits per heavy atom. The molecule has 0 spiro atoms. The van der Waals surface area contributed by atoms with E-state index in [1.54, 1.807) is 25.3 Å². The van der Waals surface area contributed by atoms with E-state index in [9.17, 15) is 12.8 Å². The van der Waals surface area contributed by atoms with Crippen LogP contribution < -0.4 is 14.8 Å². The van der Waals surface area contributed by atoms with Gasteiger partial charge in [0, 0.05) is 40.8 Å². The summed E-state index contributed by atoms with van der Waals surface area (Å²) in [6, 6.07) is 20.4. The Morgan fingerprint density at radius 1 is 1.02 bits per heavy atom. The summed E-state index contributed by atoms with van der Waals surface area (Å²) in [4.78, 5) is 19.9. The van der Waals surface area contributed by atoms with E-state index in [1.807, 2.05) is 60.6 Å². The number of benzene rings is 3. The molecule has 0 aliphatic rings. The lowest BCUT2D eigenvalue weighted by molar-refractivity contribution is 0.276. The van der Waals surface area contributed by atoms with Crippen LogP contribution in [-0.2, 0) is 16.4 Å². The van der Waals surface area contributed by atoms with Crippen molar-refractivity contribution >= 4 is 59.5 Å². The molecule has 0 radical (unpaired) electrons. The highest BCUT2D eigenvalue weighted by Crippen LogP contribution is 2.38. The third-order valence-electron chi connectivity index (χ3n) is 7.92. The normalized spacial score (nSPS) is 12.3. The quantitative estimate of drug-likeness (QED) is 0.125. The number of aromatic nitrogens is 4. The summed E-state index contributed by atoms with van der Waals surface area (Å²) < 4.78 is 51.5. The molecule has 0 saturated heterocycles. The fourth-order valence-corrected chi connectivity index (χ4v) is 7.74. The van der Waals surface area contributed by atoms with Gasteiger partial charge in [0.1, 0.15) is 41.1 Å². The Hall–Kier alpha value is -4.50. The first kappa shape index (κ1) is 34.4. The molecule has 3 aromatic heterocycles. The van der Waals surface area contributed by atoms with Gasteiger partial charge in [0.25, 0.3) is 0 Å². The number of methoxy groups -OCH3 is 1. The fourth-order valence-electron chi connectivity index (χ4n) is 5.06. The third kappa shape index (κ3) is 8.05. The van der Waals surface area contributed by atoms with Crippen LogP contribution in [0.15, 0.2) is 100 Å². The van der Waals surface area contributed by atoms with Crippen LogP contribution in [0, 0.1) is 5.82 Å². The minimum atomic E-state index is -3.51. The lowest BCUT2D eigenvalue weighted by atomic mass is 10.1. The van der Waals surface area contributed by atoms with Crippen LogP contribution >= 0.6 is 27.3 Å². The first-order valence-corrected chi connectivity index (χ1v) is 18.5. The van der Waals surface area contributed by atoms with Gasteiger partial charge in [-0.1, -0.05) is 18.2 Å². The maximum atomic E-state index is 13.6. The van der Waals surface area contributed by atoms with Gasteiger partial charge >= 0.3 is 0 Å². The zero-order valence-electron chi connectivity index (χ0n) is 26.8. The van der Waals surface area contributed by atoms with Crippen molar-refractivity contribution in [2.24, 2.45) is 0 Å². The van der Waals surface area contributed by atoms with Gasteiger partial charge < -0.3 is 14.8 Å². The number of anilines is 2. The topological polar surface area (TPSA) is 119 Å². The predicted octanol–water partition coefficient (Wildman–Crippen LogP) is 7.85. The van der Waals surface area contributed by atoms with Gasteiger partial charge in [-0.2, -0.15) is 0 Å². The number of hydrogen-bond acceptors (Lipinski definition) is 11. The number of rotatable bonds is 13. The van der Waals surface area contributed by atoms with Crippen LogP contribution in [0.1, 0.15) is 23.5 Å². The Kier molecular flexibility index (Phi) is 10.5. The summed E-state index contributed by atoms with van der Waals surface area (Å²) in [6.45, 7) is 2.54. The van der Waals surface area contributed by atoms with E-state index in [4.69, 9.17) is 14.5 Å². The Balaban J connectivity index is 1.20. The van der Waals surface area contributed by atoms with Crippen molar-refractivity contribution in [3.8, 4) is 22.8 Å². The molecular formula is C35H32BrFN6O4S2. The van der Waals surface area contributed by atoms with Gasteiger partial charge in [-0.25, -0.2) is 32.7 Å². The lowest BCUT2D eigenvalue weighted by Crippen LogP contribution is -2.28. The molecule has 252 valence electrons. The summed E-state index contributed by atoms with van der Waals surface area (Å²) in [5.41, 5.74) is 3.67. The molecule has 0 amide bonds. The summed E-state index contributed by atoms with van der Waals surface area (Å²) >= 11 is 5.08. The molecule has 0 aliphatic heterocycles. The third-order valence-corrected chi connectivity index (χ3v) is 11.2. The number of pyridine rings is 1. The summed E-state index contributed by atoms with van der Waals surface area (Å²) in [5.74, 6) is 1.45. The molecule has 0 aliphatic carbocycles. The van der Waals surface area contributed by atoms with Crippen LogP contribution in [0.4, 0.5) is 15.9 Å². The first-order chi connectivity index (χ1) is 23.6. The highest BCUT2D eigenvalue weighted by molar-refractivity contribution is 9.10. The Morgan fingerprint density at radius 3 is 2.63 bits per heavy atom. The molecule has 1 atom stereocenters. The SMILES string of the molecule is COc1cc2ncnc(Nc3ccc(OCc4cccc(F)c4)c(Br)c3)c2cc1-c1csc(C(C)N(C)CCS(=O)(=O)c2ccccn2)n1. The maximum Gasteiger partial charge on any atom is 0.196 e. The smallest absolute Gasteiger partial charge is 0.196 e. The minimum absolute atomic E-state index is 0.0569. The van der Waals surface area contributed by atoms with Crippen LogP contribution in [0.2, 0.25) is 0 Å².